The maximum Gasteiger partial charge on any atom is 0.237 e. The summed E-state index contributed by atoms with van der Waals surface area (Å²) in [4.78, 5) is 11.0. The van der Waals surface area contributed by atoms with Crippen LogP contribution in [0.4, 0.5) is 0 Å². The zero-order valence-corrected chi connectivity index (χ0v) is 13.2. The Morgan fingerprint density at radius 3 is 2.37 bits per heavy atom. The fourth-order valence-electron chi connectivity index (χ4n) is 2.27. The fourth-order valence-corrected chi connectivity index (χ4v) is 2.27. The molecule has 0 spiro atoms. The van der Waals surface area contributed by atoms with E-state index >= 15 is 0 Å². The molecule has 3 N–H and O–H groups in total. The molecule has 19 heavy (non-hydrogen) atoms. The molecule has 0 aromatic rings. The second-order valence-corrected chi connectivity index (χ2v) is 5.61. The number of nitrogens with one attached hydrogen (secondary N) is 1. The van der Waals surface area contributed by atoms with Crippen molar-refractivity contribution in [3.05, 3.63) is 0 Å². The topological polar surface area (TPSA) is 64.4 Å². The highest BCUT2D eigenvalue weighted by atomic mass is 16.5. The van der Waals surface area contributed by atoms with Gasteiger partial charge in [0.25, 0.3) is 0 Å². The largest absolute Gasteiger partial charge is 0.376 e. The van der Waals surface area contributed by atoms with Crippen LogP contribution in [0.25, 0.3) is 0 Å². The van der Waals surface area contributed by atoms with Gasteiger partial charge in [0.2, 0.25) is 5.91 Å². The number of carbonyl (C=O) groups is 1. The van der Waals surface area contributed by atoms with E-state index < -0.39 is 0 Å². The average molecular weight is 272 g/mol. The van der Waals surface area contributed by atoms with Crippen LogP contribution in [0, 0.1) is 11.8 Å². The van der Waals surface area contributed by atoms with Gasteiger partial charge in [0, 0.05) is 13.2 Å². The molecule has 0 bridgehead atoms. The third-order valence-electron chi connectivity index (χ3n) is 2.98. The van der Waals surface area contributed by atoms with Gasteiger partial charge < -0.3 is 15.8 Å². The Bertz CT molecular complexity index is 242. The van der Waals surface area contributed by atoms with Crippen molar-refractivity contribution >= 4 is 5.91 Å². The second-order valence-electron chi connectivity index (χ2n) is 5.61. The van der Waals surface area contributed by atoms with Crippen molar-refractivity contribution < 1.29 is 9.53 Å². The monoisotopic (exact) mass is 272 g/mol. The Kier molecular flexibility index (Phi) is 9.88. The molecule has 2 rings (SSSR count). The number of hydrogen-bond acceptors (Lipinski definition) is 3. The van der Waals surface area contributed by atoms with Crippen molar-refractivity contribution in [2.24, 2.45) is 17.6 Å². The molecule has 3 unspecified atom stereocenters. The lowest BCUT2D eigenvalue weighted by Gasteiger charge is -2.19. The van der Waals surface area contributed by atoms with Gasteiger partial charge in [-0.05, 0) is 24.7 Å². The lowest BCUT2D eigenvalue weighted by Crippen LogP contribution is -2.44. The maximum absolute atomic E-state index is 11.0. The number of fused-ring (bicyclic) bond motifs is 1. The van der Waals surface area contributed by atoms with Crippen LogP contribution < -0.4 is 11.1 Å². The minimum Gasteiger partial charge on any atom is -0.376 e. The molecule has 0 aliphatic carbocycles. The predicted octanol–water partition coefficient (Wildman–Crippen LogP) is 2.32. The summed E-state index contributed by atoms with van der Waals surface area (Å²) in [7, 11) is 0. The molecule has 4 heteroatoms. The van der Waals surface area contributed by atoms with E-state index in [1.165, 1.54) is 6.42 Å². The predicted molar refractivity (Wildman–Crippen MR) is 79.9 cm³/mol. The zero-order valence-electron chi connectivity index (χ0n) is 13.2. The van der Waals surface area contributed by atoms with E-state index in [9.17, 15) is 4.79 Å². The van der Waals surface area contributed by atoms with Gasteiger partial charge in [-0.3, -0.25) is 4.79 Å². The average Bonchev–Trinajstić information content (AvgIpc) is 2.61. The summed E-state index contributed by atoms with van der Waals surface area (Å²) in [6, 6.07) is -0.261. The molecule has 2 saturated heterocycles. The number of carbonyl (C=O) groups excluding carboxylic acids is 1. The van der Waals surface area contributed by atoms with Crippen molar-refractivity contribution in [2.45, 2.75) is 66.0 Å². The normalized spacial score (nSPS) is 29.3. The van der Waals surface area contributed by atoms with Crippen molar-refractivity contribution in [3.63, 3.8) is 0 Å². The van der Waals surface area contributed by atoms with Crippen LogP contribution in [-0.4, -0.2) is 31.2 Å². The molecule has 2 heterocycles. The lowest BCUT2D eigenvalue weighted by molar-refractivity contribution is -0.123. The Hall–Kier alpha value is -0.610. The van der Waals surface area contributed by atoms with Crippen LogP contribution in [0.2, 0.25) is 0 Å². The van der Waals surface area contributed by atoms with Gasteiger partial charge in [0.1, 0.15) is 6.04 Å². The summed E-state index contributed by atoms with van der Waals surface area (Å²) in [5, 5.41) is 3.13. The molecule has 0 aromatic heterocycles. The van der Waals surface area contributed by atoms with Gasteiger partial charge >= 0.3 is 0 Å². The number of hydrogen-bond donors (Lipinski definition) is 2. The second kappa shape index (κ2) is 10.2. The standard InChI is InChI=1S/C9H16N2O2.C4H10.C2H6/c10-9(12)7-8-6(5-11-7)3-1-2-4-13-8;1-4(2)3;1-2/h6-8,11H,1-5H2,(H2,10,12);4H,1-3H3;1-2H3. The molecule has 114 valence electrons. The molecule has 2 aliphatic rings. The fraction of sp³-hybridized carbons (Fsp3) is 0.933. The molecular weight excluding hydrogens is 240 g/mol. The van der Waals surface area contributed by atoms with Gasteiger partial charge in [-0.2, -0.15) is 0 Å². The van der Waals surface area contributed by atoms with Crippen LogP contribution in [0.5, 0.6) is 0 Å². The van der Waals surface area contributed by atoms with E-state index in [1.807, 2.05) is 13.8 Å². The zero-order chi connectivity index (χ0) is 14.8. The van der Waals surface area contributed by atoms with Crippen LogP contribution in [0.15, 0.2) is 0 Å². The molecule has 3 atom stereocenters. The highest BCUT2D eigenvalue weighted by molar-refractivity contribution is 5.81. The highest BCUT2D eigenvalue weighted by Crippen LogP contribution is 2.26. The van der Waals surface area contributed by atoms with E-state index in [0.717, 1.165) is 31.9 Å². The van der Waals surface area contributed by atoms with E-state index in [4.69, 9.17) is 10.5 Å². The van der Waals surface area contributed by atoms with E-state index in [1.54, 1.807) is 0 Å². The van der Waals surface area contributed by atoms with Gasteiger partial charge in [0.15, 0.2) is 0 Å². The third kappa shape index (κ3) is 6.92. The molecule has 4 nitrogen and oxygen atoms in total. The molecule has 2 fully saturated rings. The van der Waals surface area contributed by atoms with Crippen molar-refractivity contribution in [1.82, 2.24) is 5.32 Å². The summed E-state index contributed by atoms with van der Waals surface area (Å²) < 4.78 is 5.64. The number of nitrogens with two attached hydrogens (primary N) is 1. The summed E-state index contributed by atoms with van der Waals surface area (Å²) >= 11 is 0. The van der Waals surface area contributed by atoms with Crippen molar-refractivity contribution in [1.29, 1.82) is 0 Å². The van der Waals surface area contributed by atoms with E-state index in [2.05, 4.69) is 26.1 Å². The SMILES string of the molecule is CC.CC(C)C.NC(=O)C1NCC2CCCCOC21. The van der Waals surface area contributed by atoms with Gasteiger partial charge in [0.05, 0.1) is 6.10 Å². The Morgan fingerprint density at radius 1 is 1.26 bits per heavy atom. The minimum absolute atomic E-state index is 0.0278. The van der Waals surface area contributed by atoms with Crippen molar-refractivity contribution in [3.8, 4) is 0 Å². The van der Waals surface area contributed by atoms with Gasteiger partial charge in [-0.1, -0.05) is 41.0 Å². The summed E-state index contributed by atoms with van der Waals surface area (Å²) in [5.41, 5.74) is 5.27. The smallest absolute Gasteiger partial charge is 0.237 e. The summed E-state index contributed by atoms with van der Waals surface area (Å²) in [6.45, 7) is 12.1. The van der Waals surface area contributed by atoms with Crippen LogP contribution in [0.3, 0.4) is 0 Å². The van der Waals surface area contributed by atoms with Crippen LogP contribution >= 0.6 is 0 Å². The van der Waals surface area contributed by atoms with E-state index in [0.29, 0.717) is 5.92 Å². The Balaban J connectivity index is 0.000000467. The first-order valence-electron chi connectivity index (χ1n) is 7.66. The number of amides is 1. The quantitative estimate of drug-likeness (QED) is 0.770. The third-order valence-corrected chi connectivity index (χ3v) is 2.98. The lowest BCUT2D eigenvalue weighted by atomic mass is 9.97. The van der Waals surface area contributed by atoms with Gasteiger partial charge in [-0.15, -0.1) is 0 Å². The minimum atomic E-state index is -0.283. The molecule has 0 saturated carbocycles. The van der Waals surface area contributed by atoms with Crippen LogP contribution in [0.1, 0.15) is 53.9 Å². The first-order chi connectivity index (χ1) is 9.02. The molecule has 0 radical (unpaired) electrons. The molecule has 1 amide bonds. The molecular formula is C15H32N2O2. The Labute approximate surface area is 118 Å². The summed E-state index contributed by atoms with van der Waals surface area (Å²) in [5.74, 6) is 1.04. The number of ether oxygens (including phenoxy) is 1. The molecule has 0 aromatic carbocycles. The first kappa shape index (κ1) is 18.4. The van der Waals surface area contributed by atoms with Gasteiger partial charge in [-0.25, -0.2) is 0 Å². The van der Waals surface area contributed by atoms with Crippen molar-refractivity contribution in [2.75, 3.05) is 13.2 Å². The number of primary amides is 1. The summed E-state index contributed by atoms with van der Waals surface area (Å²) in [6.07, 6.45) is 3.49. The first-order valence-corrected chi connectivity index (χ1v) is 7.66. The number of rotatable bonds is 1. The maximum atomic E-state index is 11.0. The van der Waals surface area contributed by atoms with E-state index in [-0.39, 0.29) is 18.1 Å². The Morgan fingerprint density at radius 2 is 1.84 bits per heavy atom. The highest BCUT2D eigenvalue weighted by Gasteiger charge is 2.40. The molecule has 2 aliphatic heterocycles. The van der Waals surface area contributed by atoms with Crippen LogP contribution in [-0.2, 0) is 9.53 Å².